The number of rotatable bonds is 6. The third-order valence-electron chi connectivity index (χ3n) is 2.61. The molecule has 0 aliphatic rings. The highest BCUT2D eigenvalue weighted by atomic mass is 19.4. The fourth-order valence-electron chi connectivity index (χ4n) is 1.89. The van der Waals surface area contributed by atoms with Crippen LogP contribution in [0.2, 0.25) is 0 Å². The second-order valence-electron chi connectivity index (χ2n) is 4.25. The van der Waals surface area contributed by atoms with Gasteiger partial charge in [0.25, 0.3) is 0 Å². The van der Waals surface area contributed by atoms with Crippen molar-refractivity contribution in [1.82, 2.24) is 0 Å². The molecular weight excluding hydrogens is 259 g/mol. The van der Waals surface area contributed by atoms with Crippen LogP contribution in [0.1, 0.15) is 24.0 Å². The fraction of sp³-hybridized carbons (Fsp3) is 0.538. The Bertz CT molecular complexity index is 419. The smallest absolute Gasteiger partial charge is 0.493 e. The second kappa shape index (κ2) is 6.65. The molecule has 0 spiro atoms. The van der Waals surface area contributed by atoms with Crippen molar-refractivity contribution in [3.8, 4) is 11.5 Å². The van der Waals surface area contributed by atoms with Crippen molar-refractivity contribution in [3.63, 3.8) is 0 Å². The van der Waals surface area contributed by atoms with E-state index in [2.05, 4.69) is 4.74 Å². The normalized spacial score (nSPS) is 11.5. The van der Waals surface area contributed by atoms with E-state index in [-0.39, 0.29) is 11.5 Å². The summed E-state index contributed by atoms with van der Waals surface area (Å²) >= 11 is 0. The predicted molar refractivity (Wildman–Crippen MR) is 66.4 cm³/mol. The molecule has 0 heterocycles. The standard InChI is InChI=1S/C13H18F3NO2/c1-9-7-10(5-3-4-6-17)12(18-2)11(8-9)19-13(14,15)16/h7-8H,3-6,17H2,1-2H3. The molecule has 0 atom stereocenters. The minimum atomic E-state index is -4.73. The number of unbranched alkanes of at least 4 members (excludes halogenated alkanes) is 1. The Morgan fingerprint density at radius 3 is 2.42 bits per heavy atom. The lowest BCUT2D eigenvalue weighted by atomic mass is 10.0. The molecule has 0 radical (unpaired) electrons. The number of hydrogen-bond donors (Lipinski definition) is 1. The molecule has 0 fully saturated rings. The van der Waals surface area contributed by atoms with Gasteiger partial charge in [0.2, 0.25) is 0 Å². The van der Waals surface area contributed by atoms with Gasteiger partial charge in [-0.2, -0.15) is 0 Å². The van der Waals surface area contributed by atoms with Crippen LogP contribution in [0.5, 0.6) is 11.5 Å². The topological polar surface area (TPSA) is 44.5 Å². The van der Waals surface area contributed by atoms with Crippen molar-refractivity contribution in [2.75, 3.05) is 13.7 Å². The van der Waals surface area contributed by atoms with Crippen LogP contribution in [-0.2, 0) is 6.42 Å². The van der Waals surface area contributed by atoms with Crippen LogP contribution in [0.4, 0.5) is 13.2 Å². The molecule has 0 amide bonds. The van der Waals surface area contributed by atoms with Gasteiger partial charge in [0.15, 0.2) is 11.5 Å². The Hall–Kier alpha value is -1.43. The number of nitrogens with two attached hydrogens (primary N) is 1. The maximum atomic E-state index is 12.3. The zero-order valence-electron chi connectivity index (χ0n) is 11.0. The number of aryl methyl sites for hydroxylation is 2. The Balaban J connectivity index is 3.02. The Morgan fingerprint density at radius 1 is 1.21 bits per heavy atom. The minimum Gasteiger partial charge on any atom is -0.493 e. The lowest BCUT2D eigenvalue weighted by Gasteiger charge is -2.16. The van der Waals surface area contributed by atoms with E-state index < -0.39 is 6.36 Å². The van der Waals surface area contributed by atoms with E-state index in [0.29, 0.717) is 24.1 Å². The molecule has 0 aromatic heterocycles. The molecule has 19 heavy (non-hydrogen) atoms. The van der Waals surface area contributed by atoms with Gasteiger partial charge in [0.1, 0.15) is 0 Å². The summed E-state index contributed by atoms with van der Waals surface area (Å²) in [6, 6.07) is 3.12. The largest absolute Gasteiger partial charge is 0.573 e. The average molecular weight is 277 g/mol. The van der Waals surface area contributed by atoms with Crippen molar-refractivity contribution in [2.45, 2.75) is 32.5 Å². The van der Waals surface area contributed by atoms with Gasteiger partial charge in [0.05, 0.1) is 7.11 Å². The fourth-order valence-corrected chi connectivity index (χ4v) is 1.89. The van der Waals surface area contributed by atoms with Gasteiger partial charge in [-0.05, 0) is 49.9 Å². The molecule has 1 aromatic carbocycles. The minimum absolute atomic E-state index is 0.139. The molecule has 108 valence electrons. The van der Waals surface area contributed by atoms with Crippen LogP contribution < -0.4 is 15.2 Å². The van der Waals surface area contributed by atoms with Gasteiger partial charge in [0, 0.05) is 0 Å². The van der Waals surface area contributed by atoms with Gasteiger partial charge < -0.3 is 15.2 Å². The monoisotopic (exact) mass is 277 g/mol. The third-order valence-corrected chi connectivity index (χ3v) is 2.61. The van der Waals surface area contributed by atoms with E-state index in [9.17, 15) is 13.2 Å². The lowest BCUT2D eigenvalue weighted by Crippen LogP contribution is -2.18. The van der Waals surface area contributed by atoms with Crippen molar-refractivity contribution in [2.24, 2.45) is 5.73 Å². The lowest BCUT2D eigenvalue weighted by molar-refractivity contribution is -0.275. The summed E-state index contributed by atoms with van der Waals surface area (Å²) in [5.74, 6) is -0.155. The first-order chi connectivity index (χ1) is 8.87. The quantitative estimate of drug-likeness (QED) is 0.812. The molecule has 0 unspecified atom stereocenters. The molecule has 3 nitrogen and oxygen atoms in total. The molecule has 0 aliphatic carbocycles. The van der Waals surface area contributed by atoms with Crippen LogP contribution in [0, 0.1) is 6.92 Å². The number of ether oxygens (including phenoxy) is 2. The summed E-state index contributed by atoms with van der Waals surface area (Å²) in [7, 11) is 1.33. The summed E-state index contributed by atoms with van der Waals surface area (Å²) in [6.45, 7) is 2.27. The van der Waals surface area contributed by atoms with Crippen LogP contribution in [-0.4, -0.2) is 20.0 Å². The third kappa shape index (κ3) is 4.98. The number of methoxy groups -OCH3 is 1. The highest BCUT2D eigenvalue weighted by molar-refractivity contribution is 5.49. The summed E-state index contributed by atoms with van der Waals surface area (Å²) in [4.78, 5) is 0. The number of benzene rings is 1. The molecule has 1 rings (SSSR count). The zero-order valence-corrected chi connectivity index (χ0v) is 11.0. The maximum absolute atomic E-state index is 12.3. The number of halogens is 3. The van der Waals surface area contributed by atoms with E-state index in [1.54, 1.807) is 13.0 Å². The Labute approximate surface area is 110 Å². The van der Waals surface area contributed by atoms with E-state index in [1.165, 1.54) is 13.2 Å². The van der Waals surface area contributed by atoms with Crippen LogP contribution >= 0.6 is 0 Å². The molecule has 2 N–H and O–H groups in total. The first-order valence-electron chi connectivity index (χ1n) is 6.00. The van der Waals surface area contributed by atoms with Gasteiger partial charge in [-0.1, -0.05) is 6.07 Å². The van der Waals surface area contributed by atoms with Crippen LogP contribution in [0.15, 0.2) is 12.1 Å². The first-order valence-corrected chi connectivity index (χ1v) is 6.00. The van der Waals surface area contributed by atoms with E-state index in [4.69, 9.17) is 10.5 Å². The van der Waals surface area contributed by atoms with Crippen molar-refractivity contribution in [1.29, 1.82) is 0 Å². The highest BCUT2D eigenvalue weighted by Gasteiger charge is 2.33. The number of alkyl halides is 3. The first kappa shape index (κ1) is 15.6. The second-order valence-corrected chi connectivity index (χ2v) is 4.25. The van der Waals surface area contributed by atoms with Crippen LogP contribution in [0.25, 0.3) is 0 Å². The van der Waals surface area contributed by atoms with Gasteiger partial charge in [-0.15, -0.1) is 13.2 Å². The molecular formula is C13H18F3NO2. The van der Waals surface area contributed by atoms with Gasteiger partial charge in [-0.25, -0.2) is 0 Å². The Morgan fingerprint density at radius 2 is 1.89 bits per heavy atom. The van der Waals surface area contributed by atoms with Gasteiger partial charge >= 0.3 is 6.36 Å². The average Bonchev–Trinajstić information content (AvgIpc) is 2.26. The zero-order chi connectivity index (χ0) is 14.5. The number of hydrogen-bond acceptors (Lipinski definition) is 3. The Kier molecular flexibility index (Phi) is 5.47. The van der Waals surface area contributed by atoms with E-state index >= 15 is 0 Å². The molecule has 0 bridgehead atoms. The molecule has 1 aromatic rings. The van der Waals surface area contributed by atoms with Gasteiger partial charge in [-0.3, -0.25) is 0 Å². The predicted octanol–water partition coefficient (Wildman–Crippen LogP) is 3.18. The molecule has 6 heteroatoms. The molecule has 0 aliphatic heterocycles. The maximum Gasteiger partial charge on any atom is 0.573 e. The van der Waals surface area contributed by atoms with E-state index in [0.717, 1.165) is 12.8 Å². The van der Waals surface area contributed by atoms with Crippen molar-refractivity contribution < 1.29 is 22.6 Å². The highest BCUT2D eigenvalue weighted by Crippen LogP contribution is 2.36. The van der Waals surface area contributed by atoms with Crippen LogP contribution in [0.3, 0.4) is 0 Å². The SMILES string of the molecule is COc1c(CCCCN)cc(C)cc1OC(F)(F)F. The van der Waals surface area contributed by atoms with E-state index in [1.807, 2.05) is 0 Å². The molecule has 0 saturated carbocycles. The summed E-state index contributed by atoms with van der Waals surface area (Å²) in [5, 5.41) is 0. The summed E-state index contributed by atoms with van der Waals surface area (Å²) < 4.78 is 46.1. The summed E-state index contributed by atoms with van der Waals surface area (Å²) in [5.41, 5.74) is 6.80. The van der Waals surface area contributed by atoms with Crippen molar-refractivity contribution >= 4 is 0 Å². The molecule has 0 saturated heterocycles. The summed E-state index contributed by atoms with van der Waals surface area (Å²) in [6.07, 6.45) is -2.51. The van der Waals surface area contributed by atoms with Crippen molar-refractivity contribution in [3.05, 3.63) is 23.3 Å².